The number of hydrogen-bond donors (Lipinski definition) is 2. The number of carbonyl (C=O) groups is 2. The Kier molecular flexibility index (Phi) is 5.45. The van der Waals surface area contributed by atoms with Gasteiger partial charge in [-0.2, -0.15) is 0 Å². The van der Waals surface area contributed by atoms with Gasteiger partial charge in [0, 0.05) is 6.42 Å². The smallest absolute Gasteiger partial charge is 0.240 e. The Morgan fingerprint density at radius 3 is 2.41 bits per heavy atom. The maximum atomic E-state index is 11.8. The van der Waals surface area contributed by atoms with Crippen molar-refractivity contribution in [1.29, 1.82) is 0 Å². The number of primary amides is 1. The second-order valence-electron chi connectivity index (χ2n) is 5.19. The summed E-state index contributed by atoms with van der Waals surface area (Å²) in [6.45, 7) is 3.93. The predicted octanol–water partition coefficient (Wildman–Crippen LogP) is 1.58. The highest BCUT2D eigenvalue weighted by molar-refractivity contribution is 5.86. The fourth-order valence-electron chi connectivity index (χ4n) is 2.44. The maximum Gasteiger partial charge on any atom is 0.240 e. The molecule has 1 fully saturated rings. The molecule has 2 atom stereocenters. The summed E-state index contributed by atoms with van der Waals surface area (Å²) in [6, 6.07) is -0.520. The SMILES string of the molecule is CC[C@@H](C)[C@@H](NC(=O)CC1CCCC1)C(N)=O. The average molecular weight is 240 g/mol. The van der Waals surface area contributed by atoms with Gasteiger partial charge in [0.05, 0.1) is 0 Å². The van der Waals surface area contributed by atoms with E-state index in [-0.39, 0.29) is 11.8 Å². The molecule has 0 unspecified atom stereocenters. The number of carbonyl (C=O) groups excluding carboxylic acids is 2. The molecule has 0 spiro atoms. The minimum atomic E-state index is -0.520. The van der Waals surface area contributed by atoms with E-state index in [4.69, 9.17) is 5.73 Å². The first kappa shape index (κ1) is 14.0. The third kappa shape index (κ3) is 4.36. The molecule has 2 amide bonds. The first-order valence-electron chi connectivity index (χ1n) is 6.63. The maximum absolute atomic E-state index is 11.8. The summed E-state index contributed by atoms with van der Waals surface area (Å²) in [7, 11) is 0. The Hall–Kier alpha value is -1.06. The lowest BCUT2D eigenvalue weighted by Crippen LogP contribution is -2.48. The van der Waals surface area contributed by atoms with Gasteiger partial charge in [-0.1, -0.05) is 33.1 Å². The van der Waals surface area contributed by atoms with Crippen LogP contribution in [0, 0.1) is 11.8 Å². The van der Waals surface area contributed by atoms with Gasteiger partial charge in [-0.25, -0.2) is 0 Å². The number of hydrogen-bond acceptors (Lipinski definition) is 2. The molecule has 0 bridgehead atoms. The number of nitrogens with two attached hydrogens (primary N) is 1. The van der Waals surface area contributed by atoms with Crippen LogP contribution in [0.1, 0.15) is 52.4 Å². The van der Waals surface area contributed by atoms with Gasteiger partial charge >= 0.3 is 0 Å². The van der Waals surface area contributed by atoms with Crippen molar-refractivity contribution in [3.05, 3.63) is 0 Å². The quantitative estimate of drug-likeness (QED) is 0.740. The Morgan fingerprint density at radius 2 is 1.94 bits per heavy atom. The summed E-state index contributed by atoms with van der Waals surface area (Å²) in [5.41, 5.74) is 5.32. The van der Waals surface area contributed by atoms with E-state index < -0.39 is 11.9 Å². The van der Waals surface area contributed by atoms with Gasteiger partial charge in [-0.15, -0.1) is 0 Å². The molecule has 98 valence electrons. The second kappa shape index (κ2) is 6.62. The summed E-state index contributed by atoms with van der Waals surface area (Å²) in [6.07, 6.45) is 6.10. The fourth-order valence-corrected chi connectivity index (χ4v) is 2.44. The summed E-state index contributed by atoms with van der Waals surface area (Å²) in [5, 5.41) is 2.78. The van der Waals surface area contributed by atoms with E-state index in [1.54, 1.807) is 0 Å². The van der Waals surface area contributed by atoms with Gasteiger partial charge in [0.1, 0.15) is 6.04 Å². The predicted molar refractivity (Wildman–Crippen MR) is 67.2 cm³/mol. The Balaban J connectivity index is 2.43. The molecular weight excluding hydrogens is 216 g/mol. The lowest BCUT2D eigenvalue weighted by molar-refractivity contribution is -0.129. The van der Waals surface area contributed by atoms with Gasteiger partial charge in [0.2, 0.25) is 11.8 Å². The molecule has 0 aromatic rings. The molecule has 4 nitrogen and oxygen atoms in total. The highest BCUT2D eigenvalue weighted by Gasteiger charge is 2.25. The topological polar surface area (TPSA) is 72.2 Å². The van der Waals surface area contributed by atoms with Crippen molar-refractivity contribution in [2.75, 3.05) is 0 Å². The zero-order valence-electron chi connectivity index (χ0n) is 10.9. The van der Waals surface area contributed by atoms with Crippen molar-refractivity contribution in [3.63, 3.8) is 0 Å². The summed E-state index contributed by atoms with van der Waals surface area (Å²) < 4.78 is 0. The Bertz CT molecular complexity index is 273. The van der Waals surface area contributed by atoms with E-state index in [0.29, 0.717) is 12.3 Å². The van der Waals surface area contributed by atoms with E-state index in [1.807, 2.05) is 13.8 Å². The third-order valence-corrected chi connectivity index (χ3v) is 3.78. The van der Waals surface area contributed by atoms with E-state index in [0.717, 1.165) is 19.3 Å². The second-order valence-corrected chi connectivity index (χ2v) is 5.19. The van der Waals surface area contributed by atoms with Crippen LogP contribution in [-0.4, -0.2) is 17.9 Å². The first-order valence-corrected chi connectivity index (χ1v) is 6.63. The van der Waals surface area contributed by atoms with Crippen LogP contribution in [0.15, 0.2) is 0 Å². The zero-order chi connectivity index (χ0) is 12.8. The monoisotopic (exact) mass is 240 g/mol. The summed E-state index contributed by atoms with van der Waals surface area (Å²) in [5.74, 6) is 0.139. The van der Waals surface area contributed by atoms with Gasteiger partial charge < -0.3 is 11.1 Å². The highest BCUT2D eigenvalue weighted by Crippen LogP contribution is 2.27. The van der Waals surface area contributed by atoms with Crippen molar-refractivity contribution in [2.45, 2.75) is 58.4 Å². The van der Waals surface area contributed by atoms with Gasteiger partial charge in [-0.05, 0) is 24.7 Å². The van der Waals surface area contributed by atoms with E-state index in [9.17, 15) is 9.59 Å². The Labute approximate surface area is 103 Å². The van der Waals surface area contributed by atoms with Crippen molar-refractivity contribution < 1.29 is 9.59 Å². The van der Waals surface area contributed by atoms with Crippen molar-refractivity contribution >= 4 is 11.8 Å². The van der Waals surface area contributed by atoms with Crippen LogP contribution in [0.2, 0.25) is 0 Å². The molecule has 1 aliphatic carbocycles. The van der Waals surface area contributed by atoms with Crippen LogP contribution in [0.5, 0.6) is 0 Å². The molecule has 0 heterocycles. The van der Waals surface area contributed by atoms with E-state index >= 15 is 0 Å². The molecule has 0 aromatic heterocycles. The van der Waals surface area contributed by atoms with Crippen LogP contribution in [0.4, 0.5) is 0 Å². The lowest BCUT2D eigenvalue weighted by Gasteiger charge is -2.21. The molecule has 0 saturated heterocycles. The van der Waals surface area contributed by atoms with Crippen LogP contribution in [-0.2, 0) is 9.59 Å². The van der Waals surface area contributed by atoms with Crippen molar-refractivity contribution in [2.24, 2.45) is 17.6 Å². The lowest BCUT2D eigenvalue weighted by atomic mass is 9.97. The summed E-state index contributed by atoms with van der Waals surface area (Å²) >= 11 is 0. The van der Waals surface area contributed by atoms with Crippen molar-refractivity contribution in [1.82, 2.24) is 5.32 Å². The molecule has 4 heteroatoms. The number of nitrogens with one attached hydrogen (secondary N) is 1. The zero-order valence-corrected chi connectivity index (χ0v) is 10.9. The van der Waals surface area contributed by atoms with Crippen LogP contribution < -0.4 is 11.1 Å². The highest BCUT2D eigenvalue weighted by atomic mass is 16.2. The molecule has 0 radical (unpaired) electrons. The van der Waals surface area contributed by atoms with Gasteiger partial charge in [0.15, 0.2) is 0 Å². The number of amides is 2. The van der Waals surface area contributed by atoms with E-state index in [2.05, 4.69) is 5.32 Å². The van der Waals surface area contributed by atoms with Crippen LogP contribution in [0.25, 0.3) is 0 Å². The van der Waals surface area contributed by atoms with Crippen LogP contribution in [0.3, 0.4) is 0 Å². The first-order chi connectivity index (χ1) is 8.04. The largest absolute Gasteiger partial charge is 0.368 e. The minimum absolute atomic E-state index is 0.0269. The number of rotatable bonds is 6. The molecule has 1 rings (SSSR count). The standard InChI is InChI=1S/C13H24N2O2/c1-3-9(2)12(13(14)17)15-11(16)8-10-6-4-5-7-10/h9-10,12H,3-8H2,1-2H3,(H2,14,17)(H,15,16)/t9-,12-/m1/s1. The summed E-state index contributed by atoms with van der Waals surface area (Å²) in [4.78, 5) is 23.1. The normalized spacial score (nSPS) is 19.9. The van der Waals surface area contributed by atoms with Crippen molar-refractivity contribution in [3.8, 4) is 0 Å². The minimum Gasteiger partial charge on any atom is -0.368 e. The van der Waals surface area contributed by atoms with E-state index in [1.165, 1.54) is 12.8 Å². The molecule has 1 saturated carbocycles. The fraction of sp³-hybridized carbons (Fsp3) is 0.846. The van der Waals surface area contributed by atoms with Crippen LogP contribution >= 0.6 is 0 Å². The average Bonchev–Trinajstić information content (AvgIpc) is 2.77. The third-order valence-electron chi connectivity index (χ3n) is 3.78. The van der Waals surface area contributed by atoms with Gasteiger partial charge in [-0.3, -0.25) is 9.59 Å². The molecular formula is C13H24N2O2. The molecule has 3 N–H and O–H groups in total. The van der Waals surface area contributed by atoms with Gasteiger partial charge in [0.25, 0.3) is 0 Å². The molecule has 1 aliphatic rings. The molecule has 0 aliphatic heterocycles. The molecule has 0 aromatic carbocycles. The molecule has 17 heavy (non-hydrogen) atoms. The Morgan fingerprint density at radius 1 is 1.35 bits per heavy atom.